The molecular formula is C12H22N4O2S. The summed E-state index contributed by atoms with van der Waals surface area (Å²) in [4.78, 5) is 0.337. The van der Waals surface area contributed by atoms with Gasteiger partial charge in [-0.15, -0.1) is 0 Å². The number of rotatable bonds is 6. The van der Waals surface area contributed by atoms with Crippen LogP contribution in [0.5, 0.6) is 0 Å². The molecule has 1 aliphatic rings. The van der Waals surface area contributed by atoms with E-state index in [-0.39, 0.29) is 0 Å². The fourth-order valence-corrected chi connectivity index (χ4v) is 3.37. The Bertz CT molecular complexity index is 559. The Labute approximate surface area is 114 Å². The van der Waals surface area contributed by atoms with E-state index in [1.165, 1.54) is 17.1 Å². The molecule has 7 heteroatoms. The van der Waals surface area contributed by atoms with Crippen LogP contribution in [-0.4, -0.2) is 49.2 Å². The zero-order valence-corrected chi connectivity index (χ0v) is 12.8. The van der Waals surface area contributed by atoms with Crippen LogP contribution in [0.15, 0.2) is 4.90 Å². The topological polar surface area (TPSA) is 67.2 Å². The Balaban J connectivity index is 2.18. The van der Waals surface area contributed by atoms with E-state index >= 15 is 0 Å². The van der Waals surface area contributed by atoms with Crippen molar-refractivity contribution in [2.45, 2.75) is 44.2 Å². The number of aromatic nitrogens is 2. The van der Waals surface area contributed by atoms with Gasteiger partial charge < -0.3 is 5.32 Å². The van der Waals surface area contributed by atoms with Crippen molar-refractivity contribution in [2.24, 2.45) is 0 Å². The maximum absolute atomic E-state index is 12.2. The van der Waals surface area contributed by atoms with E-state index in [2.05, 4.69) is 10.4 Å². The van der Waals surface area contributed by atoms with Crippen LogP contribution >= 0.6 is 0 Å². The van der Waals surface area contributed by atoms with Gasteiger partial charge in [0.15, 0.2) is 0 Å². The molecule has 0 bridgehead atoms. The van der Waals surface area contributed by atoms with Crippen molar-refractivity contribution in [3.63, 3.8) is 0 Å². The first-order valence-corrected chi connectivity index (χ1v) is 7.98. The molecule has 2 rings (SSSR count). The van der Waals surface area contributed by atoms with E-state index in [1.807, 2.05) is 6.92 Å². The van der Waals surface area contributed by atoms with Crippen LogP contribution in [-0.2, 0) is 16.6 Å². The van der Waals surface area contributed by atoms with Crippen LogP contribution in [0.4, 0.5) is 0 Å². The van der Waals surface area contributed by atoms with Crippen molar-refractivity contribution < 1.29 is 8.42 Å². The summed E-state index contributed by atoms with van der Waals surface area (Å²) in [5.74, 6) is 0. The predicted octanol–water partition coefficient (Wildman–Crippen LogP) is 0.502. The van der Waals surface area contributed by atoms with Gasteiger partial charge in [0.2, 0.25) is 10.0 Å². The molecule has 0 atom stereocenters. The summed E-state index contributed by atoms with van der Waals surface area (Å²) in [6.07, 6.45) is 2.49. The summed E-state index contributed by atoms with van der Waals surface area (Å²) in [6.45, 7) is 5.09. The van der Waals surface area contributed by atoms with Gasteiger partial charge in [0.25, 0.3) is 0 Å². The van der Waals surface area contributed by atoms with Gasteiger partial charge in [0, 0.05) is 26.7 Å². The molecular weight excluding hydrogens is 264 g/mol. The van der Waals surface area contributed by atoms with E-state index < -0.39 is 10.0 Å². The number of hydrogen-bond acceptors (Lipinski definition) is 4. The van der Waals surface area contributed by atoms with Crippen LogP contribution < -0.4 is 5.32 Å². The summed E-state index contributed by atoms with van der Waals surface area (Å²) < 4.78 is 27.5. The molecule has 0 radical (unpaired) electrons. The third kappa shape index (κ3) is 2.98. The second-order valence-electron chi connectivity index (χ2n) is 5.24. The van der Waals surface area contributed by atoms with Crippen LogP contribution in [0.3, 0.4) is 0 Å². The largest absolute Gasteiger partial charge is 0.312 e. The summed E-state index contributed by atoms with van der Waals surface area (Å²) >= 11 is 0. The maximum Gasteiger partial charge on any atom is 0.246 e. The Morgan fingerprint density at radius 3 is 2.53 bits per heavy atom. The molecule has 0 saturated heterocycles. The monoisotopic (exact) mass is 286 g/mol. The maximum atomic E-state index is 12.2. The summed E-state index contributed by atoms with van der Waals surface area (Å²) in [5.41, 5.74) is 1.28. The molecule has 0 amide bonds. The minimum atomic E-state index is -3.42. The fraction of sp³-hybridized carbons (Fsp3) is 0.750. The lowest BCUT2D eigenvalue weighted by molar-refractivity contribution is 0.517. The number of nitrogens with one attached hydrogen (secondary N) is 1. The minimum absolute atomic E-state index is 0.337. The standard InChI is InChI=1S/C12H22N4O2S/c1-9-12(19(17,18)15(3)4)10(2)16(14-9)8-7-13-11-5-6-11/h11,13H,5-8H2,1-4H3. The third-order valence-corrected chi connectivity index (χ3v) is 5.46. The second-order valence-corrected chi connectivity index (χ2v) is 7.33. The first-order chi connectivity index (χ1) is 8.84. The number of sulfonamides is 1. The average molecular weight is 286 g/mol. The van der Waals surface area contributed by atoms with E-state index in [9.17, 15) is 8.42 Å². The first kappa shape index (κ1) is 14.5. The third-order valence-electron chi connectivity index (χ3n) is 3.39. The molecule has 0 spiro atoms. The predicted molar refractivity (Wildman–Crippen MR) is 73.6 cm³/mol. The van der Waals surface area contributed by atoms with E-state index in [0.29, 0.717) is 28.9 Å². The van der Waals surface area contributed by atoms with E-state index in [1.54, 1.807) is 25.7 Å². The molecule has 0 aromatic carbocycles. The zero-order chi connectivity index (χ0) is 14.2. The Morgan fingerprint density at radius 1 is 1.37 bits per heavy atom. The van der Waals surface area contributed by atoms with Gasteiger partial charge in [-0.25, -0.2) is 12.7 Å². The quantitative estimate of drug-likeness (QED) is 0.827. The minimum Gasteiger partial charge on any atom is -0.312 e. The van der Waals surface area contributed by atoms with Crippen LogP contribution in [0.1, 0.15) is 24.2 Å². The molecule has 1 fully saturated rings. The number of hydrogen-bond donors (Lipinski definition) is 1. The lowest BCUT2D eigenvalue weighted by Crippen LogP contribution is -2.24. The highest BCUT2D eigenvalue weighted by molar-refractivity contribution is 7.89. The summed E-state index contributed by atoms with van der Waals surface area (Å²) in [5, 5.41) is 7.75. The summed E-state index contributed by atoms with van der Waals surface area (Å²) in [7, 11) is -0.333. The van der Waals surface area contributed by atoms with Crippen LogP contribution in [0, 0.1) is 13.8 Å². The molecule has 108 valence electrons. The Kier molecular flexibility index (Phi) is 3.98. The molecule has 6 nitrogen and oxygen atoms in total. The molecule has 0 aliphatic heterocycles. The highest BCUT2D eigenvalue weighted by atomic mass is 32.2. The zero-order valence-electron chi connectivity index (χ0n) is 12.0. The lowest BCUT2D eigenvalue weighted by Gasteiger charge is -2.11. The molecule has 1 aromatic heterocycles. The Morgan fingerprint density at radius 2 is 2.00 bits per heavy atom. The molecule has 19 heavy (non-hydrogen) atoms. The van der Waals surface area contributed by atoms with Crippen molar-refractivity contribution in [1.29, 1.82) is 0 Å². The van der Waals surface area contributed by atoms with Gasteiger partial charge in [0.1, 0.15) is 4.90 Å². The highest BCUT2D eigenvalue weighted by Gasteiger charge is 2.26. The highest BCUT2D eigenvalue weighted by Crippen LogP contribution is 2.22. The van der Waals surface area contributed by atoms with Gasteiger partial charge in [0.05, 0.1) is 17.9 Å². The molecule has 1 saturated carbocycles. The summed E-state index contributed by atoms with van der Waals surface area (Å²) in [6, 6.07) is 0.655. The van der Waals surface area contributed by atoms with Gasteiger partial charge in [-0.1, -0.05) is 0 Å². The van der Waals surface area contributed by atoms with Gasteiger partial charge in [-0.05, 0) is 26.7 Å². The molecule has 1 heterocycles. The molecule has 1 N–H and O–H groups in total. The molecule has 0 unspecified atom stereocenters. The van der Waals surface area contributed by atoms with Crippen molar-refractivity contribution in [1.82, 2.24) is 19.4 Å². The smallest absolute Gasteiger partial charge is 0.246 e. The van der Waals surface area contributed by atoms with Crippen LogP contribution in [0.25, 0.3) is 0 Å². The van der Waals surface area contributed by atoms with Crippen molar-refractivity contribution in [2.75, 3.05) is 20.6 Å². The lowest BCUT2D eigenvalue weighted by atomic mass is 10.4. The normalized spacial score (nSPS) is 16.3. The fourth-order valence-electron chi connectivity index (χ4n) is 2.12. The van der Waals surface area contributed by atoms with E-state index in [0.717, 1.165) is 6.54 Å². The van der Waals surface area contributed by atoms with Crippen molar-refractivity contribution in [3.8, 4) is 0 Å². The van der Waals surface area contributed by atoms with E-state index in [4.69, 9.17) is 0 Å². The first-order valence-electron chi connectivity index (χ1n) is 6.54. The van der Waals surface area contributed by atoms with Gasteiger partial charge in [-0.3, -0.25) is 4.68 Å². The SMILES string of the molecule is Cc1nn(CCNC2CC2)c(C)c1S(=O)(=O)N(C)C. The molecule has 1 aliphatic carbocycles. The van der Waals surface area contributed by atoms with Gasteiger partial charge in [-0.2, -0.15) is 5.10 Å². The molecule has 1 aromatic rings. The Hall–Kier alpha value is -0.920. The van der Waals surface area contributed by atoms with Gasteiger partial charge >= 0.3 is 0 Å². The van der Waals surface area contributed by atoms with Crippen molar-refractivity contribution in [3.05, 3.63) is 11.4 Å². The average Bonchev–Trinajstić information content (AvgIpc) is 3.06. The van der Waals surface area contributed by atoms with Crippen LogP contribution in [0.2, 0.25) is 0 Å². The number of aryl methyl sites for hydroxylation is 1. The second kappa shape index (κ2) is 5.22. The number of nitrogens with zero attached hydrogens (tertiary/aromatic N) is 3. The van der Waals surface area contributed by atoms with Crippen molar-refractivity contribution >= 4 is 10.0 Å².